The van der Waals surface area contributed by atoms with Crippen molar-refractivity contribution in [1.29, 1.82) is 0 Å². The predicted octanol–water partition coefficient (Wildman–Crippen LogP) is 0.740. The zero-order chi connectivity index (χ0) is 10.6. The van der Waals surface area contributed by atoms with E-state index < -0.39 is 13.0 Å². The molecule has 0 spiro atoms. The summed E-state index contributed by atoms with van der Waals surface area (Å²) in [4.78, 5) is 10.6. The number of nitrogens with one attached hydrogen (secondary N) is 1. The molecule has 0 aliphatic rings. The lowest BCUT2D eigenvalue weighted by molar-refractivity contribution is -0.164. The zero-order valence-corrected chi connectivity index (χ0v) is 9.34. The molecule has 1 atom stereocenters. The number of rotatable bonds is 4. The van der Waals surface area contributed by atoms with E-state index in [9.17, 15) is 9.36 Å². The number of amides is 1. The molecule has 5 nitrogen and oxygen atoms in total. The summed E-state index contributed by atoms with van der Waals surface area (Å²) in [6.07, 6.45) is 0. The van der Waals surface area contributed by atoms with E-state index in [-0.39, 0.29) is 12.5 Å². The van der Waals surface area contributed by atoms with Crippen molar-refractivity contribution in [2.45, 2.75) is 19.6 Å². The van der Waals surface area contributed by atoms with Gasteiger partial charge in [-0.05, 0) is 20.3 Å². The van der Waals surface area contributed by atoms with Gasteiger partial charge in [-0.15, -0.1) is 0 Å². The van der Waals surface area contributed by atoms with Crippen LogP contribution in [-0.4, -0.2) is 42.0 Å². The molecule has 0 aliphatic heterocycles. The average molecular weight is 208 g/mol. The van der Waals surface area contributed by atoms with Gasteiger partial charge in [-0.1, -0.05) is 0 Å². The molecule has 13 heavy (non-hydrogen) atoms. The lowest BCUT2D eigenvalue weighted by Gasteiger charge is -2.21. The quantitative estimate of drug-likeness (QED) is 0.309. The van der Waals surface area contributed by atoms with Crippen molar-refractivity contribution < 1.29 is 14.6 Å². The van der Waals surface area contributed by atoms with Crippen LogP contribution in [0.2, 0.25) is 0 Å². The lowest BCUT2D eigenvalue weighted by Crippen LogP contribution is -2.38. The maximum atomic E-state index is 11.4. The van der Waals surface area contributed by atoms with Crippen LogP contribution in [0, 0.1) is 0 Å². The number of carbonyl (C=O) groups is 1. The van der Waals surface area contributed by atoms with Gasteiger partial charge >= 0.3 is 0 Å². The normalized spacial score (nSPS) is 13.9. The van der Waals surface area contributed by atoms with Gasteiger partial charge in [-0.25, -0.2) is 5.06 Å². The Balaban J connectivity index is 3.91. The summed E-state index contributed by atoms with van der Waals surface area (Å²) in [5.41, 5.74) is 0. The van der Waals surface area contributed by atoms with Gasteiger partial charge in [-0.3, -0.25) is 15.3 Å². The third-order valence-corrected chi connectivity index (χ3v) is 3.88. The van der Waals surface area contributed by atoms with E-state index in [0.29, 0.717) is 5.06 Å². The van der Waals surface area contributed by atoms with E-state index in [1.54, 1.807) is 20.3 Å². The largest absolute Gasteiger partial charge is 0.323 e. The van der Waals surface area contributed by atoms with Crippen LogP contribution in [0.4, 0.5) is 0 Å². The maximum Gasteiger partial charge on any atom is 0.244 e. The van der Waals surface area contributed by atoms with Crippen LogP contribution in [0.3, 0.4) is 0 Å². The fourth-order valence-electron chi connectivity index (χ4n) is 0.550. The van der Waals surface area contributed by atoms with Crippen LogP contribution in [0.15, 0.2) is 0 Å². The van der Waals surface area contributed by atoms with Crippen molar-refractivity contribution in [3.63, 3.8) is 0 Å². The Morgan fingerprint density at radius 3 is 2.38 bits per heavy atom. The van der Waals surface area contributed by atoms with Crippen molar-refractivity contribution in [2.75, 3.05) is 20.0 Å². The standard InChI is InChI=1S/C7H17N2O3P/c1-6(13(3,4)12)8-5-9(11)7(2)10/h6,8,11H,5H2,1-4H3. The third-order valence-electron chi connectivity index (χ3n) is 1.83. The fraction of sp³-hybridized carbons (Fsp3) is 0.857. The van der Waals surface area contributed by atoms with E-state index in [4.69, 9.17) is 5.21 Å². The summed E-state index contributed by atoms with van der Waals surface area (Å²) in [5, 5.41) is 12.3. The Labute approximate surface area is 78.4 Å². The molecule has 1 amide bonds. The van der Waals surface area contributed by atoms with E-state index in [0.717, 1.165) is 0 Å². The molecule has 0 aliphatic carbocycles. The Morgan fingerprint density at radius 1 is 1.62 bits per heavy atom. The molecule has 78 valence electrons. The second-order valence-corrected chi connectivity index (χ2v) is 7.03. The molecule has 0 heterocycles. The van der Waals surface area contributed by atoms with E-state index >= 15 is 0 Å². The highest BCUT2D eigenvalue weighted by atomic mass is 31.2. The molecule has 1 unspecified atom stereocenters. The zero-order valence-electron chi connectivity index (χ0n) is 8.44. The van der Waals surface area contributed by atoms with Gasteiger partial charge in [0.1, 0.15) is 0 Å². The maximum absolute atomic E-state index is 11.4. The van der Waals surface area contributed by atoms with E-state index in [1.165, 1.54) is 6.92 Å². The van der Waals surface area contributed by atoms with Gasteiger partial charge in [0.25, 0.3) is 0 Å². The minimum Gasteiger partial charge on any atom is -0.323 e. The molecule has 6 heteroatoms. The summed E-state index contributed by atoms with van der Waals surface area (Å²) < 4.78 is 11.4. The minimum absolute atomic E-state index is 0.00215. The van der Waals surface area contributed by atoms with E-state index in [2.05, 4.69) is 5.32 Å². The summed E-state index contributed by atoms with van der Waals surface area (Å²) in [6, 6.07) is 0. The second-order valence-electron chi connectivity index (χ2n) is 3.39. The van der Waals surface area contributed by atoms with Crippen molar-refractivity contribution in [3.05, 3.63) is 0 Å². The topological polar surface area (TPSA) is 69.6 Å². The molecule has 0 aromatic carbocycles. The van der Waals surface area contributed by atoms with Gasteiger partial charge in [0.05, 0.1) is 19.6 Å². The van der Waals surface area contributed by atoms with E-state index in [1.807, 2.05) is 0 Å². The molecule has 0 aromatic rings. The molecule has 2 N–H and O–H groups in total. The second kappa shape index (κ2) is 4.74. The monoisotopic (exact) mass is 208 g/mol. The fourth-order valence-corrected chi connectivity index (χ4v) is 1.07. The summed E-state index contributed by atoms with van der Waals surface area (Å²) in [7, 11) is -2.20. The Bertz CT molecular complexity index is 226. The Hall–Kier alpha value is -0.380. The van der Waals surface area contributed by atoms with Crippen LogP contribution < -0.4 is 5.32 Å². The van der Waals surface area contributed by atoms with Crippen LogP contribution in [0.1, 0.15) is 13.8 Å². The van der Waals surface area contributed by atoms with Gasteiger partial charge in [-0.2, -0.15) is 0 Å². The average Bonchev–Trinajstić information content (AvgIpc) is 1.97. The molecular weight excluding hydrogens is 191 g/mol. The number of carbonyl (C=O) groups excluding carboxylic acids is 1. The molecule has 0 radical (unpaired) electrons. The first-order valence-corrected chi connectivity index (χ1v) is 6.67. The van der Waals surface area contributed by atoms with Crippen molar-refractivity contribution in [2.24, 2.45) is 0 Å². The summed E-state index contributed by atoms with van der Waals surface area (Å²) in [6.45, 7) is 6.32. The third kappa shape index (κ3) is 5.03. The Morgan fingerprint density at radius 2 is 2.08 bits per heavy atom. The number of hydrogen-bond donors (Lipinski definition) is 2. The van der Waals surface area contributed by atoms with Crippen molar-refractivity contribution >= 4 is 13.0 Å². The molecule has 0 fully saturated rings. The van der Waals surface area contributed by atoms with Gasteiger partial charge in [0, 0.05) is 6.92 Å². The van der Waals surface area contributed by atoms with Crippen molar-refractivity contribution in [3.8, 4) is 0 Å². The molecule has 0 bridgehead atoms. The number of nitrogens with zero attached hydrogens (tertiary/aromatic N) is 1. The van der Waals surface area contributed by atoms with Gasteiger partial charge < -0.3 is 4.57 Å². The van der Waals surface area contributed by atoms with Crippen LogP contribution >= 0.6 is 7.14 Å². The van der Waals surface area contributed by atoms with Crippen LogP contribution in [0.5, 0.6) is 0 Å². The van der Waals surface area contributed by atoms with Crippen LogP contribution in [0.25, 0.3) is 0 Å². The summed E-state index contributed by atoms with van der Waals surface area (Å²) in [5.74, 6) is -0.650. The van der Waals surface area contributed by atoms with Gasteiger partial charge in [0.15, 0.2) is 0 Å². The molecule has 0 saturated heterocycles. The highest BCUT2D eigenvalue weighted by Crippen LogP contribution is 2.40. The molecule has 0 saturated carbocycles. The molecule has 0 aromatic heterocycles. The first kappa shape index (κ1) is 12.6. The summed E-state index contributed by atoms with van der Waals surface area (Å²) >= 11 is 0. The van der Waals surface area contributed by atoms with Crippen LogP contribution in [-0.2, 0) is 9.36 Å². The minimum atomic E-state index is -2.20. The Kier molecular flexibility index (Phi) is 4.61. The predicted molar refractivity (Wildman–Crippen MR) is 51.2 cm³/mol. The lowest BCUT2D eigenvalue weighted by atomic mass is 10.6. The van der Waals surface area contributed by atoms with Gasteiger partial charge in [0.2, 0.25) is 5.91 Å². The molecular formula is C7H17N2O3P. The highest BCUT2D eigenvalue weighted by molar-refractivity contribution is 7.63. The number of hydroxylamine groups is 2. The highest BCUT2D eigenvalue weighted by Gasteiger charge is 2.18. The smallest absolute Gasteiger partial charge is 0.244 e. The first-order chi connectivity index (χ1) is 5.75. The number of hydrogen-bond acceptors (Lipinski definition) is 4. The van der Waals surface area contributed by atoms with Crippen molar-refractivity contribution in [1.82, 2.24) is 10.4 Å². The molecule has 0 rings (SSSR count). The first-order valence-electron chi connectivity index (χ1n) is 4.00. The SMILES string of the molecule is CC(=O)N(O)CNC(C)P(C)(C)=O.